The van der Waals surface area contributed by atoms with Crippen molar-refractivity contribution in [1.82, 2.24) is 9.80 Å². The van der Waals surface area contributed by atoms with E-state index < -0.39 is 0 Å². The maximum absolute atomic E-state index is 13.3. The zero-order chi connectivity index (χ0) is 16.5. The van der Waals surface area contributed by atoms with Gasteiger partial charge in [-0.2, -0.15) is 5.26 Å². The number of hydrogen-bond acceptors (Lipinski definition) is 4. The summed E-state index contributed by atoms with van der Waals surface area (Å²) in [5.41, 5.74) is 0. The van der Waals surface area contributed by atoms with Crippen LogP contribution in [-0.4, -0.2) is 64.6 Å². The topological polar surface area (TPSA) is 64.4 Å². The molecule has 7 atom stereocenters. The van der Waals surface area contributed by atoms with Crippen molar-refractivity contribution in [2.45, 2.75) is 50.6 Å². The molecule has 3 aliphatic heterocycles. The Morgan fingerprint density at radius 2 is 1.88 bits per heavy atom. The number of urea groups is 1. The molecule has 2 saturated carbocycles. The van der Waals surface area contributed by atoms with Crippen LogP contribution in [0.15, 0.2) is 0 Å². The normalized spacial score (nSPS) is 49.9. The summed E-state index contributed by atoms with van der Waals surface area (Å²) in [6.07, 6.45) is 6.19. The lowest BCUT2D eigenvalue weighted by atomic mass is 9.63. The van der Waals surface area contributed by atoms with Gasteiger partial charge in [0.05, 0.1) is 19.2 Å². The second-order valence-corrected chi connectivity index (χ2v) is 8.48. The quantitative estimate of drug-likeness (QED) is 0.540. The zero-order valence-electron chi connectivity index (χ0n) is 14.1. The number of nitriles is 1. The fourth-order valence-electron chi connectivity index (χ4n) is 6.40. The molecule has 5 aliphatic rings. The molecular weight excluding hydrogens is 304 g/mol. The number of amides is 3. The van der Waals surface area contributed by atoms with Crippen molar-refractivity contribution in [2.24, 2.45) is 17.8 Å². The summed E-state index contributed by atoms with van der Waals surface area (Å²) in [7, 11) is 0. The van der Waals surface area contributed by atoms with Gasteiger partial charge in [-0.05, 0) is 37.5 Å². The van der Waals surface area contributed by atoms with E-state index in [2.05, 4.69) is 11.0 Å². The smallest absolute Gasteiger partial charge is 0.267 e. The molecule has 0 aromatic heterocycles. The molecule has 0 radical (unpaired) electrons. The average molecular weight is 329 g/mol. The highest BCUT2D eigenvalue weighted by atomic mass is 16.2. The van der Waals surface area contributed by atoms with Crippen LogP contribution in [0.25, 0.3) is 0 Å². The van der Waals surface area contributed by atoms with Crippen molar-refractivity contribution in [3.05, 3.63) is 0 Å². The Hall–Kier alpha value is -1.45. The third-order valence-corrected chi connectivity index (χ3v) is 7.56. The van der Waals surface area contributed by atoms with Crippen LogP contribution >= 0.6 is 0 Å². The minimum Gasteiger partial charge on any atom is -0.267 e. The standard InChI is InChI=1S/C18H25N4O2/c19-9-12-5-6-15(14-4-2-1-3-13(12)14)21-17(23)16-10-20-7-8-22(16,11-20)18(21)24/h12-16H,1-8,10-11H2/q+1. The maximum Gasteiger partial charge on any atom is 0.428 e. The first-order chi connectivity index (χ1) is 11.7. The van der Waals surface area contributed by atoms with E-state index in [4.69, 9.17) is 0 Å². The summed E-state index contributed by atoms with van der Waals surface area (Å²) in [5, 5.41) is 9.50. The Balaban J connectivity index is 1.47. The zero-order valence-corrected chi connectivity index (χ0v) is 14.1. The number of nitrogens with zero attached hydrogens (tertiary/aromatic N) is 4. The molecule has 5 rings (SSSR count). The molecule has 24 heavy (non-hydrogen) atoms. The molecule has 7 unspecified atom stereocenters. The van der Waals surface area contributed by atoms with E-state index in [1.165, 1.54) is 12.8 Å². The number of rotatable bonds is 1. The van der Waals surface area contributed by atoms with E-state index in [-0.39, 0.29) is 29.9 Å². The number of hydrogen-bond donors (Lipinski definition) is 0. The first kappa shape index (κ1) is 14.9. The van der Waals surface area contributed by atoms with Gasteiger partial charge in [-0.1, -0.05) is 12.8 Å². The van der Waals surface area contributed by atoms with Gasteiger partial charge >= 0.3 is 6.03 Å². The van der Waals surface area contributed by atoms with Crippen LogP contribution in [0.2, 0.25) is 0 Å². The van der Waals surface area contributed by atoms with Crippen molar-refractivity contribution < 1.29 is 14.1 Å². The van der Waals surface area contributed by atoms with Gasteiger partial charge in [0.25, 0.3) is 5.91 Å². The number of imide groups is 1. The molecular formula is C18H25N4O2+. The van der Waals surface area contributed by atoms with Crippen LogP contribution in [0.3, 0.4) is 0 Å². The minimum atomic E-state index is -0.151. The molecule has 3 saturated heterocycles. The molecule has 1 spiro atoms. The number of carbonyl (C=O) groups excluding carboxylic acids is 2. The highest BCUT2D eigenvalue weighted by Crippen LogP contribution is 2.48. The molecule has 0 aromatic carbocycles. The van der Waals surface area contributed by atoms with E-state index in [0.29, 0.717) is 16.3 Å². The summed E-state index contributed by atoms with van der Waals surface area (Å²) in [5.74, 6) is 0.927. The highest BCUT2D eigenvalue weighted by molar-refractivity contribution is 6.00. The van der Waals surface area contributed by atoms with Crippen LogP contribution in [0.1, 0.15) is 38.5 Å². The first-order valence-electron chi connectivity index (χ1n) is 9.52. The predicted octanol–water partition coefficient (Wildman–Crippen LogP) is 1.53. The number of quaternary nitrogens is 1. The summed E-state index contributed by atoms with van der Waals surface area (Å²) in [6, 6.07) is 2.46. The lowest BCUT2D eigenvalue weighted by molar-refractivity contribution is -0.839. The van der Waals surface area contributed by atoms with E-state index >= 15 is 0 Å². The van der Waals surface area contributed by atoms with Crippen LogP contribution in [0, 0.1) is 29.1 Å². The molecule has 2 bridgehead atoms. The monoisotopic (exact) mass is 329 g/mol. The van der Waals surface area contributed by atoms with E-state index in [0.717, 1.165) is 52.0 Å². The minimum absolute atomic E-state index is 0.0482. The van der Waals surface area contributed by atoms with Crippen molar-refractivity contribution in [3.8, 4) is 6.07 Å². The van der Waals surface area contributed by atoms with Crippen LogP contribution in [0.4, 0.5) is 4.79 Å². The molecule has 6 heteroatoms. The van der Waals surface area contributed by atoms with Crippen molar-refractivity contribution in [1.29, 1.82) is 5.26 Å². The van der Waals surface area contributed by atoms with Gasteiger partial charge in [0.1, 0.15) is 13.2 Å². The van der Waals surface area contributed by atoms with Gasteiger partial charge in [-0.25, -0.2) is 19.1 Å². The molecule has 0 aromatic rings. The van der Waals surface area contributed by atoms with Gasteiger partial charge in [-0.15, -0.1) is 0 Å². The fourth-order valence-corrected chi connectivity index (χ4v) is 6.40. The molecule has 0 N–H and O–H groups in total. The van der Waals surface area contributed by atoms with Gasteiger partial charge in [0.2, 0.25) is 0 Å². The average Bonchev–Trinajstić information content (AvgIpc) is 3.26. The SMILES string of the molecule is N#CC1CCC(N2C(=O)C3CN4CC[N+]3(C4)C2=O)C2CCCCC12. The van der Waals surface area contributed by atoms with Crippen molar-refractivity contribution in [2.75, 3.05) is 26.3 Å². The Labute approximate surface area is 142 Å². The summed E-state index contributed by atoms with van der Waals surface area (Å²) in [6.45, 7) is 3.22. The van der Waals surface area contributed by atoms with Gasteiger partial charge in [0, 0.05) is 12.0 Å². The van der Waals surface area contributed by atoms with E-state index in [1.807, 2.05) is 0 Å². The Morgan fingerprint density at radius 3 is 2.58 bits per heavy atom. The molecule has 3 amide bonds. The Bertz CT molecular complexity index is 643. The Morgan fingerprint density at radius 1 is 1.08 bits per heavy atom. The highest BCUT2D eigenvalue weighted by Gasteiger charge is 2.69. The third kappa shape index (κ3) is 1.72. The summed E-state index contributed by atoms with van der Waals surface area (Å²) >= 11 is 0. The third-order valence-electron chi connectivity index (χ3n) is 7.56. The molecule has 6 nitrogen and oxygen atoms in total. The van der Waals surface area contributed by atoms with E-state index in [1.54, 1.807) is 4.90 Å². The van der Waals surface area contributed by atoms with Crippen molar-refractivity contribution >= 4 is 11.9 Å². The summed E-state index contributed by atoms with van der Waals surface area (Å²) in [4.78, 5) is 30.3. The van der Waals surface area contributed by atoms with Crippen LogP contribution in [-0.2, 0) is 4.79 Å². The summed E-state index contributed by atoms with van der Waals surface area (Å²) < 4.78 is 0.369. The first-order valence-corrected chi connectivity index (χ1v) is 9.52. The molecule has 3 heterocycles. The molecule has 2 aliphatic carbocycles. The number of fused-ring (bicyclic) bond motifs is 2. The molecule has 5 fully saturated rings. The van der Waals surface area contributed by atoms with Gasteiger partial charge in [0.15, 0.2) is 6.04 Å². The predicted molar refractivity (Wildman–Crippen MR) is 85.2 cm³/mol. The maximum atomic E-state index is 13.3. The number of carbonyl (C=O) groups is 2. The lowest BCUT2D eigenvalue weighted by Gasteiger charge is -2.45. The lowest BCUT2D eigenvalue weighted by Crippen LogP contribution is -2.55. The second-order valence-electron chi connectivity index (χ2n) is 8.48. The van der Waals surface area contributed by atoms with Gasteiger partial charge in [-0.3, -0.25) is 4.79 Å². The number of piperazine rings is 1. The van der Waals surface area contributed by atoms with Crippen LogP contribution in [0.5, 0.6) is 0 Å². The van der Waals surface area contributed by atoms with Crippen molar-refractivity contribution in [3.63, 3.8) is 0 Å². The largest absolute Gasteiger partial charge is 0.428 e. The second kappa shape index (κ2) is 5.03. The fraction of sp³-hybridized carbons (Fsp3) is 0.833. The molecule has 128 valence electrons. The Kier molecular flexibility index (Phi) is 3.11. The van der Waals surface area contributed by atoms with E-state index in [9.17, 15) is 14.9 Å². The van der Waals surface area contributed by atoms with Crippen LogP contribution < -0.4 is 0 Å². The van der Waals surface area contributed by atoms with Gasteiger partial charge < -0.3 is 0 Å².